The number of ether oxygens (including phenoxy) is 2. The first-order valence-electron chi connectivity index (χ1n) is 11.5. The van der Waals surface area contributed by atoms with E-state index >= 15 is 0 Å². The lowest BCUT2D eigenvalue weighted by Crippen LogP contribution is -2.39. The van der Waals surface area contributed by atoms with E-state index in [1.165, 1.54) is 0 Å². The number of hydrogen-bond acceptors (Lipinski definition) is 7. The van der Waals surface area contributed by atoms with Crippen LogP contribution in [0.1, 0.15) is 57.9 Å². The third-order valence-electron chi connectivity index (χ3n) is 5.87. The molecule has 32 heavy (non-hydrogen) atoms. The molecule has 0 amide bonds. The molecule has 174 valence electrons. The lowest BCUT2D eigenvalue weighted by molar-refractivity contribution is -0.137. The van der Waals surface area contributed by atoms with Crippen LogP contribution in [0.4, 0.5) is 17.1 Å². The van der Waals surface area contributed by atoms with Gasteiger partial charge in [0.05, 0.1) is 42.5 Å². The predicted molar refractivity (Wildman–Crippen MR) is 125 cm³/mol. The van der Waals surface area contributed by atoms with Crippen LogP contribution in [0, 0.1) is 0 Å². The molecule has 0 aliphatic carbocycles. The van der Waals surface area contributed by atoms with Crippen molar-refractivity contribution in [3.05, 3.63) is 36.2 Å². The smallest absolute Gasteiger partial charge is 0.316 e. The first kappa shape index (κ1) is 23.8. The molecule has 1 fully saturated rings. The zero-order valence-electron chi connectivity index (χ0n) is 19.2. The Hall–Kier alpha value is -2.87. The summed E-state index contributed by atoms with van der Waals surface area (Å²) in [6, 6.07) is 6.99. The minimum absolute atomic E-state index is 0.0446. The van der Waals surface area contributed by atoms with Crippen LogP contribution in [0.25, 0.3) is 0 Å². The summed E-state index contributed by atoms with van der Waals surface area (Å²) >= 11 is 0. The van der Waals surface area contributed by atoms with Crippen molar-refractivity contribution < 1.29 is 19.4 Å². The molecule has 0 bridgehead atoms. The topological polar surface area (TPSA) is 96.8 Å². The Morgan fingerprint density at radius 2 is 1.97 bits per heavy atom. The molecule has 1 aliphatic rings. The molecule has 8 heteroatoms. The molecule has 1 aromatic heterocycles. The van der Waals surface area contributed by atoms with E-state index in [9.17, 15) is 9.90 Å². The number of nitrogens with zero attached hydrogens (tertiary/aromatic N) is 3. The van der Waals surface area contributed by atoms with Crippen molar-refractivity contribution in [2.24, 2.45) is 0 Å². The molecule has 1 aliphatic heterocycles. The fourth-order valence-corrected chi connectivity index (χ4v) is 4.23. The summed E-state index contributed by atoms with van der Waals surface area (Å²) in [5.41, 5.74) is 3.77. The maximum atomic E-state index is 11.4. The molecule has 2 aromatic rings. The number of aromatic nitrogens is 2. The normalized spacial score (nSPS) is 15.2. The molecule has 1 atom stereocenters. The predicted octanol–water partition coefficient (Wildman–Crippen LogP) is 4.59. The number of aliphatic carboxylic acids is 1. The molecular weight excluding hydrogens is 408 g/mol. The Morgan fingerprint density at radius 3 is 2.56 bits per heavy atom. The summed E-state index contributed by atoms with van der Waals surface area (Å²) in [5.74, 6) is -0.829. The third-order valence-corrected chi connectivity index (χ3v) is 5.87. The molecule has 1 saturated heterocycles. The van der Waals surface area contributed by atoms with Gasteiger partial charge in [-0.25, -0.2) is 9.97 Å². The van der Waals surface area contributed by atoms with Crippen molar-refractivity contribution in [2.75, 3.05) is 36.6 Å². The minimum Gasteiger partial charge on any atom is -0.481 e. The van der Waals surface area contributed by atoms with Crippen molar-refractivity contribution >= 4 is 23.0 Å². The highest BCUT2D eigenvalue weighted by molar-refractivity contribution is 5.77. The van der Waals surface area contributed by atoms with Crippen LogP contribution >= 0.6 is 0 Å². The van der Waals surface area contributed by atoms with Crippen LogP contribution in [0.5, 0.6) is 6.01 Å². The maximum absolute atomic E-state index is 11.4. The van der Waals surface area contributed by atoms with Crippen LogP contribution in [-0.2, 0) is 9.53 Å². The van der Waals surface area contributed by atoms with E-state index in [-0.39, 0.29) is 12.3 Å². The number of carboxylic acid groups (broad SMARTS) is 1. The van der Waals surface area contributed by atoms with E-state index in [2.05, 4.69) is 45.3 Å². The zero-order chi connectivity index (χ0) is 22.9. The van der Waals surface area contributed by atoms with E-state index in [1.807, 2.05) is 13.8 Å². The van der Waals surface area contributed by atoms with Crippen LogP contribution in [-0.4, -0.2) is 53.5 Å². The van der Waals surface area contributed by atoms with Gasteiger partial charge in [-0.1, -0.05) is 13.0 Å². The number of hydrogen-bond donors (Lipinski definition) is 2. The number of carboxylic acids is 1. The molecular formula is C24H34N4O4. The summed E-state index contributed by atoms with van der Waals surface area (Å²) in [4.78, 5) is 22.3. The van der Waals surface area contributed by atoms with E-state index in [0.717, 1.165) is 61.6 Å². The monoisotopic (exact) mass is 442 g/mol. The van der Waals surface area contributed by atoms with Gasteiger partial charge in [-0.2, -0.15) is 0 Å². The van der Waals surface area contributed by atoms with E-state index in [0.29, 0.717) is 18.7 Å². The van der Waals surface area contributed by atoms with Gasteiger partial charge in [-0.15, -0.1) is 0 Å². The van der Waals surface area contributed by atoms with Gasteiger partial charge in [-0.05, 0) is 56.7 Å². The van der Waals surface area contributed by atoms with Crippen LogP contribution < -0.4 is 15.0 Å². The Bertz CT molecular complexity index is 869. The van der Waals surface area contributed by atoms with Gasteiger partial charge in [0, 0.05) is 25.8 Å². The molecule has 2 N–H and O–H groups in total. The maximum Gasteiger partial charge on any atom is 0.316 e. The largest absolute Gasteiger partial charge is 0.481 e. The van der Waals surface area contributed by atoms with Gasteiger partial charge in [-0.3, -0.25) is 4.79 Å². The summed E-state index contributed by atoms with van der Waals surface area (Å²) in [7, 11) is 0. The van der Waals surface area contributed by atoms with Gasteiger partial charge in [0.15, 0.2) is 0 Å². The second-order valence-corrected chi connectivity index (χ2v) is 7.92. The van der Waals surface area contributed by atoms with Gasteiger partial charge in [0.1, 0.15) is 0 Å². The summed E-state index contributed by atoms with van der Waals surface area (Å²) in [5, 5.41) is 12.8. The number of carbonyl (C=O) groups is 1. The summed E-state index contributed by atoms with van der Waals surface area (Å²) < 4.78 is 10.9. The molecule has 0 radical (unpaired) electrons. The van der Waals surface area contributed by atoms with Gasteiger partial charge in [0.25, 0.3) is 0 Å². The molecule has 0 spiro atoms. The van der Waals surface area contributed by atoms with Crippen LogP contribution in [0.3, 0.4) is 0 Å². The van der Waals surface area contributed by atoms with Crippen molar-refractivity contribution in [1.29, 1.82) is 0 Å². The molecule has 0 saturated carbocycles. The molecule has 2 heterocycles. The number of anilines is 3. The molecule has 1 aromatic carbocycles. The number of benzene rings is 1. The average Bonchev–Trinajstić information content (AvgIpc) is 2.81. The van der Waals surface area contributed by atoms with E-state index in [4.69, 9.17) is 9.47 Å². The van der Waals surface area contributed by atoms with Crippen LogP contribution in [0.2, 0.25) is 0 Å². The van der Waals surface area contributed by atoms with Gasteiger partial charge < -0.3 is 24.8 Å². The Labute approximate surface area is 190 Å². The molecule has 3 rings (SSSR count). The highest BCUT2D eigenvalue weighted by Crippen LogP contribution is 2.36. The summed E-state index contributed by atoms with van der Waals surface area (Å²) in [6.07, 6.45) is 6.24. The fraction of sp³-hybridized carbons (Fsp3) is 0.542. The molecule has 8 nitrogen and oxygen atoms in total. The Balaban J connectivity index is 1.96. The summed E-state index contributed by atoms with van der Waals surface area (Å²) in [6.45, 7) is 8.99. The Kier molecular flexibility index (Phi) is 8.67. The van der Waals surface area contributed by atoms with Crippen molar-refractivity contribution in [2.45, 2.75) is 58.4 Å². The number of nitrogens with one attached hydrogen (secondary N) is 1. The highest BCUT2D eigenvalue weighted by atomic mass is 16.5. The second-order valence-electron chi connectivity index (χ2n) is 7.92. The standard InChI is InChI=1S/C24H34N4O4/c1-4-17(14-23(29)30)18-7-8-22(28(5-2)20-9-11-31-12-10-20)21(13-18)27-19-15-25-24(26-16-19)32-6-3/h7-8,13,15-17,20,27H,4-6,9-12,14H2,1-3H3,(H,29,30). The SMILES string of the molecule is CCOc1ncc(Nc2cc(C(CC)CC(=O)O)ccc2N(CC)C2CCOCC2)cn1. The zero-order valence-corrected chi connectivity index (χ0v) is 19.2. The average molecular weight is 443 g/mol. The van der Waals surface area contributed by atoms with Gasteiger partial charge in [0.2, 0.25) is 0 Å². The Morgan fingerprint density at radius 1 is 1.25 bits per heavy atom. The number of rotatable bonds is 11. The van der Waals surface area contributed by atoms with E-state index in [1.54, 1.807) is 12.4 Å². The first-order valence-corrected chi connectivity index (χ1v) is 11.5. The second kappa shape index (κ2) is 11.7. The van der Waals surface area contributed by atoms with Crippen molar-refractivity contribution in [1.82, 2.24) is 9.97 Å². The van der Waals surface area contributed by atoms with E-state index < -0.39 is 5.97 Å². The molecule has 1 unspecified atom stereocenters. The van der Waals surface area contributed by atoms with Crippen LogP contribution in [0.15, 0.2) is 30.6 Å². The lowest BCUT2D eigenvalue weighted by atomic mass is 9.92. The van der Waals surface area contributed by atoms with Crippen molar-refractivity contribution in [3.8, 4) is 6.01 Å². The fourth-order valence-electron chi connectivity index (χ4n) is 4.23. The first-order chi connectivity index (χ1) is 15.5. The minimum atomic E-state index is -0.785. The lowest BCUT2D eigenvalue weighted by Gasteiger charge is -2.36. The quantitative estimate of drug-likeness (QED) is 0.521. The highest BCUT2D eigenvalue weighted by Gasteiger charge is 2.24. The van der Waals surface area contributed by atoms with Gasteiger partial charge >= 0.3 is 12.0 Å². The van der Waals surface area contributed by atoms with Crippen molar-refractivity contribution in [3.63, 3.8) is 0 Å². The third kappa shape index (κ3) is 6.09.